The first-order valence-corrected chi connectivity index (χ1v) is 5.36. The number of ether oxygens (including phenoxy) is 1. The van der Waals surface area contributed by atoms with E-state index < -0.39 is 22.3 Å². The summed E-state index contributed by atoms with van der Waals surface area (Å²) in [5, 5.41) is 13.0. The van der Waals surface area contributed by atoms with Gasteiger partial charge in [-0.2, -0.15) is 4.39 Å². The first kappa shape index (κ1) is 14.0. The topological polar surface area (TPSA) is 81.5 Å². The highest BCUT2D eigenvalue weighted by molar-refractivity contribution is 5.94. The average Bonchev–Trinajstić information content (AvgIpc) is 2.34. The summed E-state index contributed by atoms with van der Waals surface area (Å²) in [4.78, 5) is 21.2. The van der Waals surface area contributed by atoms with Crippen LogP contribution in [0.5, 0.6) is 0 Å². The molecule has 0 atom stereocenters. The number of amides is 1. The van der Waals surface area contributed by atoms with E-state index in [1.807, 2.05) is 6.92 Å². The van der Waals surface area contributed by atoms with Crippen LogP contribution in [0.3, 0.4) is 0 Å². The first-order valence-electron chi connectivity index (χ1n) is 5.36. The predicted molar refractivity (Wildman–Crippen MR) is 61.9 cm³/mol. The van der Waals surface area contributed by atoms with Gasteiger partial charge in [-0.05, 0) is 19.1 Å². The quantitative estimate of drug-likeness (QED) is 0.475. The van der Waals surface area contributed by atoms with Gasteiger partial charge in [-0.25, -0.2) is 0 Å². The van der Waals surface area contributed by atoms with Crippen LogP contribution in [0.25, 0.3) is 0 Å². The number of hydrogen-bond acceptors (Lipinski definition) is 4. The van der Waals surface area contributed by atoms with Crippen molar-refractivity contribution in [3.05, 3.63) is 39.7 Å². The SMILES string of the molecule is CCOCCNC(=O)c1ccc(F)c([N+](=O)[O-])c1. The third-order valence-electron chi connectivity index (χ3n) is 2.14. The highest BCUT2D eigenvalue weighted by Gasteiger charge is 2.17. The summed E-state index contributed by atoms with van der Waals surface area (Å²) in [5.74, 6) is -1.47. The molecule has 0 aliphatic carbocycles. The second kappa shape index (κ2) is 6.65. The minimum absolute atomic E-state index is 0.0413. The van der Waals surface area contributed by atoms with Gasteiger partial charge in [-0.1, -0.05) is 0 Å². The molecule has 18 heavy (non-hydrogen) atoms. The lowest BCUT2D eigenvalue weighted by atomic mass is 10.2. The van der Waals surface area contributed by atoms with Crippen molar-refractivity contribution in [1.29, 1.82) is 0 Å². The molecule has 0 aromatic heterocycles. The van der Waals surface area contributed by atoms with Crippen LogP contribution in [0.2, 0.25) is 0 Å². The van der Waals surface area contributed by atoms with Gasteiger partial charge in [-0.15, -0.1) is 0 Å². The number of hydrogen-bond donors (Lipinski definition) is 1. The molecule has 6 nitrogen and oxygen atoms in total. The van der Waals surface area contributed by atoms with Crippen LogP contribution >= 0.6 is 0 Å². The fourth-order valence-electron chi connectivity index (χ4n) is 1.28. The third kappa shape index (κ3) is 3.77. The molecule has 0 unspecified atom stereocenters. The molecule has 0 radical (unpaired) electrons. The molecule has 0 spiro atoms. The van der Waals surface area contributed by atoms with Crippen molar-refractivity contribution in [2.45, 2.75) is 6.92 Å². The Morgan fingerprint density at radius 3 is 2.89 bits per heavy atom. The van der Waals surface area contributed by atoms with E-state index >= 15 is 0 Å². The highest BCUT2D eigenvalue weighted by Crippen LogP contribution is 2.18. The number of nitrogens with one attached hydrogen (secondary N) is 1. The third-order valence-corrected chi connectivity index (χ3v) is 2.14. The lowest BCUT2D eigenvalue weighted by Crippen LogP contribution is -2.27. The number of benzene rings is 1. The van der Waals surface area contributed by atoms with E-state index in [2.05, 4.69) is 5.32 Å². The van der Waals surface area contributed by atoms with Crippen LogP contribution in [0.1, 0.15) is 17.3 Å². The number of carbonyl (C=O) groups excluding carboxylic acids is 1. The van der Waals surface area contributed by atoms with E-state index in [-0.39, 0.29) is 12.1 Å². The van der Waals surface area contributed by atoms with E-state index in [0.29, 0.717) is 13.2 Å². The molecule has 0 fully saturated rings. The number of nitro benzene ring substituents is 1. The molecule has 0 heterocycles. The Kier molecular flexibility index (Phi) is 5.19. The van der Waals surface area contributed by atoms with Gasteiger partial charge in [-0.3, -0.25) is 14.9 Å². The maximum Gasteiger partial charge on any atom is 0.305 e. The number of halogens is 1. The molecule has 0 saturated heterocycles. The Morgan fingerprint density at radius 1 is 1.56 bits per heavy atom. The van der Waals surface area contributed by atoms with Crippen molar-refractivity contribution in [3.63, 3.8) is 0 Å². The van der Waals surface area contributed by atoms with Crippen LogP contribution in [-0.4, -0.2) is 30.6 Å². The molecule has 1 aromatic rings. The van der Waals surface area contributed by atoms with Crippen molar-refractivity contribution in [1.82, 2.24) is 5.32 Å². The fourth-order valence-corrected chi connectivity index (χ4v) is 1.28. The lowest BCUT2D eigenvalue weighted by molar-refractivity contribution is -0.387. The lowest BCUT2D eigenvalue weighted by Gasteiger charge is -2.05. The standard InChI is InChI=1S/C11H13FN2O4/c1-2-18-6-5-13-11(15)8-3-4-9(12)10(7-8)14(16)17/h3-4,7H,2,5-6H2,1H3,(H,13,15). The summed E-state index contributed by atoms with van der Waals surface area (Å²) in [6.45, 7) is 3.01. The van der Waals surface area contributed by atoms with Gasteiger partial charge < -0.3 is 10.1 Å². The Balaban J connectivity index is 2.68. The summed E-state index contributed by atoms with van der Waals surface area (Å²) < 4.78 is 18.1. The van der Waals surface area contributed by atoms with Crippen molar-refractivity contribution in [2.75, 3.05) is 19.8 Å². The van der Waals surface area contributed by atoms with Gasteiger partial charge in [0.1, 0.15) is 0 Å². The Morgan fingerprint density at radius 2 is 2.28 bits per heavy atom. The molecule has 0 aliphatic rings. The second-order valence-corrected chi connectivity index (χ2v) is 3.38. The molecule has 0 saturated carbocycles. The van der Waals surface area contributed by atoms with E-state index in [4.69, 9.17) is 4.74 Å². The number of nitrogens with zero attached hydrogens (tertiary/aromatic N) is 1. The molecule has 7 heteroatoms. The van der Waals surface area contributed by atoms with Crippen molar-refractivity contribution < 1.29 is 18.8 Å². The molecule has 1 N–H and O–H groups in total. The minimum atomic E-state index is -0.967. The van der Waals surface area contributed by atoms with Crippen molar-refractivity contribution in [3.8, 4) is 0 Å². The van der Waals surface area contributed by atoms with Gasteiger partial charge in [0.25, 0.3) is 5.91 Å². The highest BCUT2D eigenvalue weighted by atomic mass is 19.1. The zero-order valence-corrected chi connectivity index (χ0v) is 9.81. The molecule has 98 valence electrons. The fraction of sp³-hybridized carbons (Fsp3) is 0.364. The van der Waals surface area contributed by atoms with Gasteiger partial charge in [0.05, 0.1) is 11.5 Å². The molecule has 0 aliphatic heterocycles. The van der Waals surface area contributed by atoms with E-state index in [9.17, 15) is 19.3 Å². The summed E-state index contributed by atoms with van der Waals surface area (Å²) in [5.41, 5.74) is -0.674. The van der Waals surface area contributed by atoms with Gasteiger partial charge in [0.2, 0.25) is 5.82 Å². The maximum atomic E-state index is 13.0. The van der Waals surface area contributed by atoms with Crippen LogP contribution in [0.15, 0.2) is 18.2 Å². The number of nitro groups is 1. The van der Waals surface area contributed by atoms with E-state index in [1.54, 1.807) is 0 Å². The van der Waals surface area contributed by atoms with Crippen molar-refractivity contribution in [2.24, 2.45) is 0 Å². The van der Waals surface area contributed by atoms with Crippen molar-refractivity contribution >= 4 is 11.6 Å². The minimum Gasteiger partial charge on any atom is -0.380 e. The van der Waals surface area contributed by atoms with Crippen LogP contribution in [-0.2, 0) is 4.74 Å². The average molecular weight is 256 g/mol. The predicted octanol–water partition coefficient (Wildman–Crippen LogP) is 1.50. The normalized spacial score (nSPS) is 10.1. The molecule has 1 amide bonds. The number of rotatable bonds is 6. The van der Waals surface area contributed by atoms with Crippen LogP contribution in [0, 0.1) is 15.9 Å². The largest absolute Gasteiger partial charge is 0.380 e. The smallest absolute Gasteiger partial charge is 0.305 e. The summed E-state index contributed by atoms with van der Waals surface area (Å²) in [6.07, 6.45) is 0. The molecular formula is C11H13FN2O4. The molecule has 1 rings (SSSR count). The van der Waals surface area contributed by atoms with E-state index in [1.165, 1.54) is 6.07 Å². The summed E-state index contributed by atoms with van der Waals surface area (Å²) in [7, 11) is 0. The van der Waals surface area contributed by atoms with Crippen LogP contribution < -0.4 is 5.32 Å². The summed E-state index contributed by atoms with van der Waals surface area (Å²) >= 11 is 0. The Bertz CT molecular complexity index is 451. The van der Waals surface area contributed by atoms with Crippen LogP contribution in [0.4, 0.5) is 10.1 Å². The molecular weight excluding hydrogens is 243 g/mol. The molecule has 0 bridgehead atoms. The van der Waals surface area contributed by atoms with Gasteiger partial charge in [0, 0.05) is 24.8 Å². The molecule has 1 aromatic carbocycles. The van der Waals surface area contributed by atoms with Gasteiger partial charge in [0.15, 0.2) is 0 Å². The maximum absolute atomic E-state index is 13.0. The summed E-state index contributed by atoms with van der Waals surface area (Å²) in [6, 6.07) is 3.00. The second-order valence-electron chi connectivity index (χ2n) is 3.38. The first-order chi connectivity index (χ1) is 8.56. The number of carbonyl (C=O) groups is 1. The Hall–Kier alpha value is -2.02. The zero-order valence-electron chi connectivity index (χ0n) is 9.81. The Labute approximate surface area is 103 Å². The monoisotopic (exact) mass is 256 g/mol. The van der Waals surface area contributed by atoms with Gasteiger partial charge >= 0.3 is 5.69 Å². The zero-order chi connectivity index (χ0) is 13.5. The van der Waals surface area contributed by atoms with E-state index in [0.717, 1.165) is 12.1 Å².